The number of nitrogens with one attached hydrogen (secondary N) is 2. The number of likely N-dealkylation sites (tertiary alicyclic amines) is 1. The Bertz CT molecular complexity index is 3900. The second kappa shape index (κ2) is 63.1. The second-order valence-electron chi connectivity index (χ2n) is 37.6. The van der Waals surface area contributed by atoms with Crippen LogP contribution in [0.3, 0.4) is 0 Å². The fourth-order valence-electron chi connectivity index (χ4n) is 17.0. The number of phosphoric acid groups is 1. The first-order valence-corrected chi connectivity index (χ1v) is 52.7. The topological polar surface area (TPSA) is 604 Å². The molecule has 5 fully saturated rings. The summed E-state index contributed by atoms with van der Waals surface area (Å²) in [7, 11) is -9.07. The Morgan fingerprint density at radius 2 is 0.905 bits per heavy atom. The van der Waals surface area contributed by atoms with E-state index < -0.39 is 182 Å². The van der Waals surface area contributed by atoms with Gasteiger partial charge >= 0.3 is 15.4 Å². The van der Waals surface area contributed by atoms with Gasteiger partial charge in [-0.1, -0.05) is 73.1 Å². The molecule has 42 nitrogen and oxygen atoms in total. The van der Waals surface area contributed by atoms with Crippen LogP contribution in [0.5, 0.6) is 0 Å². The lowest BCUT2D eigenvalue weighted by atomic mass is 9.92. The summed E-state index contributed by atoms with van der Waals surface area (Å²) in [6.07, 6.45) is 0.620. The molecule has 0 radical (unpaired) electrons. The van der Waals surface area contributed by atoms with Gasteiger partial charge in [-0.25, -0.2) is 19.5 Å². The van der Waals surface area contributed by atoms with E-state index in [-0.39, 0.29) is 177 Å². The first-order valence-electron chi connectivity index (χ1n) is 49.5. The van der Waals surface area contributed by atoms with E-state index in [1.54, 1.807) is 32.3 Å². The summed E-state index contributed by atoms with van der Waals surface area (Å²) >= 11 is 0. The zero-order valence-corrected chi connectivity index (χ0v) is 82.7. The minimum Gasteiger partial charge on any atom is -0.394 e. The lowest BCUT2D eigenvalue weighted by Crippen LogP contribution is -2.56. The van der Waals surface area contributed by atoms with Crippen molar-refractivity contribution in [2.45, 2.75) is 388 Å². The van der Waals surface area contributed by atoms with E-state index in [2.05, 4.69) is 25.6 Å². The van der Waals surface area contributed by atoms with Crippen molar-refractivity contribution in [3.8, 4) is 0 Å². The third-order valence-electron chi connectivity index (χ3n) is 26.0. The number of phosphoric ester groups is 1. The Morgan fingerprint density at radius 3 is 1.39 bits per heavy atom. The van der Waals surface area contributed by atoms with Crippen molar-refractivity contribution in [2.75, 3.05) is 106 Å². The molecule has 5 saturated heterocycles. The fourth-order valence-corrected chi connectivity index (χ4v) is 18.7. The number of ether oxygens (including phenoxy) is 10. The molecule has 0 aromatic carbocycles. The van der Waals surface area contributed by atoms with Crippen LogP contribution in [0.15, 0.2) is 12.7 Å². The number of aliphatic hydroxyl groups excluding tert-OH is 10. The number of Topliss-reactive ketones (excluding diaryl/α,β-unsaturated/α-hetero) is 5. The predicted molar refractivity (Wildman–Crippen MR) is 493 cm³/mol. The molecule has 3 amide bonds. The third-order valence-corrected chi connectivity index (χ3v) is 28.8. The van der Waals surface area contributed by atoms with Gasteiger partial charge < -0.3 is 128 Å². The number of carbonyl (C=O) groups excluding carboxylic acids is 8. The Labute approximate surface area is 803 Å². The van der Waals surface area contributed by atoms with E-state index in [1.807, 2.05) is 0 Å². The van der Waals surface area contributed by atoms with Gasteiger partial charge in [0.1, 0.15) is 95.8 Å². The maximum atomic E-state index is 14.3. The second-order valence-corrected chi connectivity index (χ2v) is 41.4. The first-order chi connectivity index (χ1) is 65.5. The van der Waals surface area contributed by atoms with Crippen LogP contribution in [0.25, 0.3) is 11.2 Å². The van der Waals surface area contributed by atoms with Crippen molar-refractivity contribution in [3.63, 3.8) is 0 Å². The van der Waals surface area contributed by atoms with Crippen LogP contribution in [0.4, 0.5) is 0 Å². The van der Waals surface area contributed by atoms with Crippen molar-refractivity contribution in [1.82, 2.24) is 35.1 Å². The van der Waals surface area contributed by atoms with E-state index in [1.165, 1.54) is 31.4 Å². The number of fused-ring (bicyclic) bond motifs is 1. The number of β-amino-alcohol motifs (C(OH)–C–C–N with tert-alkyl or cyclic N) is 1. The van der Waals surface area contributed by atoms with Gasteiger partial charge in [0.2, 0.25) is 17.7 Å². The Hall–Kier alpha value is -5.23. The summed E-state index contributed by atoms with van der Waals surface area (Å²) < 4.78 is 104. The van der Waals surface area contributed by atoms with Crippen LogP contribution in [0.1, 0.15) is 278 Å². The molecule has 0 spiro atoms. The lowest BCUT2D eigenvalue weighted by molar-refractivity contribution is -0.282. The SMILES string of the molecule is Cc1ncnc2c1ncn2[C@H]1C[C@H](OP(=O)(O)OC[C@H]2C[C@H](O)CN2C(=O)CCCCCCCCC(=O)NC(CCOCCC(=O)CCCCCC(=O)CCCCO[C@@H]2OC(CO)[C@H](O)C(O)[C@@H]2C)(COCCC(=O)CCCCCC(=O)CCCCO[C@@H]2OC(CO)[C@H](O)C(O)[C@@H]2C)COCCC(=O)NCCCCC(=O)CCCCO[C@@H]2OC(CO)[C@H](O)C(O)[C@@H]2C)[C@@H](COP(=O)(O)C(C)C)O1. The molecule has 2 aromatic heterocycles. The van der Waals surface area contributed by atoms with Gasteiger partial charge in [-0.2, -0.15) is 0 Å². The fraction of sp³-hybridized carbons (Fsp3) is 0.860. The van der Waals surface area contributed by atoms with Gasteiger partial charge in [-0.05, 0) is 110 Å². The molecule has 44 heteroatoms. The first kappa shape index (κ1) is 119. The smallest absolute Gasteiger partial charge is 0.394 e. The zero-order valence-electron chi connectivity index (χ0n) is 80.9. The molecule has 2 aromatic rings. The standard InChI is InChI=1S/C93H159N7O35P2/c1-61(2)136(119,120)129-56-77-73(50-81(131-77)100-60-97-82-65(6)95-59-96-89(82)100)135-137(121,122)130-55-66-49-72(109)51-99(66)80(112)36-18-10-8-7-9-17-35-79(111)98-93(57-124-46-38-71(108)30-16-12-14-28-68(105)33-21-25-43-127-91-63(4)84(114)87(117)75(53-102)133-91,58-125-47-39-78(110)94-41-23-19-31-69(106)34-22-26-44-128-92-64(5)85(115)88(118)76(54-103)134-92)40-48-123-45-37-70(107)29-15-11-13-27-67(104)32-20-24-42-126-90-62(3)83(113)86(116)74(52-101)132-90/h59-64,66,72-77,81,83-88,90-92,101-103,109,113-118H,7-58H2,1-6H3,(H,94,110)(H,98,111)(H,119,120)(H,121,122)/t62-,63-,64-,66+,72-,73-,74?,75?,76?,77+,81+,83?,84?,85?,86-,87-,88-,90+,91+,92+,93?/m0/s1. The van der Waals surface area contributed by atoms with Crippen LogP contribution in [0, 0.1) is 24.7 Å². The number of aryl methyl sites for hydroxylation is 1. The molecular formula is C93H159N7O35P2. The highest BCUT2D eigenvalue weighted by molar-refractivity contribution is 7.53. The number of carbonyl (C=O) groups is 8. The number of aromatic nitrogens is 4. The number of unbranched alkanes of at least 4 members (excludes halogenated alkanes) is 13. The molecule has 0 aliphatic carbocycles. The molecule has 7 heterocycles. The van der Waals surface area contributed by atoms with Crippen molar-refractivity contribution in [2.24, 2.45) is 17.8 Å². The Kier molecular flexibility index (Phi) is 54.7. The third kappa shape index (κ3) is 41.8. The summed E-state index contributed by atoms with van der Waals surface area (Å²) in [5.41, 5.74) is -0.544. The molecular weight excluding hydrogens is 1840 g/mol. The largest absolute Gasteiger partial charge is 0.472 e. The average molecular weight is 2000 g/mol. The number of aliphatic hydroxyl groups is 10. The van der Waals surface area contributed by atoms with E-state index in [9.17, 15) is 108 Å². The van der Waals surface area contributed by atoms with Crippen molar-refractivity contribution < 1.29 is 169 Å². The number of rotatable bonds is 74. The van der Waals surface area contributed by atoms with Crippen molar-refractivity contribution in [1.29, 1.82) is 0 Å². The minimum atomic E-state index is -4.95. The van der Waals surface area contributed by atoms with Crippen LogP contribution in [-0.4, -0.2) is 347 Å². The maximum absolute atomic E-state index is 14.3. The van der Waals surface area contributed by atoms with Gasteiger partial charge in [-0.3, -0.25) is 56.5 Å². The van der Waals surface area contributed by atoms with E-state index in [0.717, 1.165) is 0 Å². The molecule has 5 aliphatic rings. The monoisotopic (exact) mass is 2000 g/mol. The van der Waals surface area contributed by atoms with E-state index in [0.29, 0.717) is 190 Å². The molecule has 0 bridgehead atoms. The number of ketones is 5. The molecule has 786 valence electrons. The minimum absolute atomic E-state index is 0.0228. The lowest BCUT2D eigenvalue weighted by Gasteiger charge is -2.40. The molecule has 5 aliphatic heterocycles. The highest BCUT2D eigenvalue weighted by Crippen LogP contribution is 2.52. The van der Waals surface area contributed by atoms with Crippen LogP contribution in [0.2, 0.25) is 0 Å². The number of hydrogen-bond acceptors (Lipinski definition) is 36. The van der Waals surface area contributed by atoms with Crippen LogP contribution < -0.4 is 10.6 Å². The summed E-state index contributed by atoms with van der Waals surface area (Å²) in [5, 5.41) is 107. The Balaban J connectivity index is 0.887. The highest BCUT2D eigenvalue weighted by atomic mass is 31.2. The van der Waals surface area contributed by atoms with Crippen molar-refractivity contribution in [3.05, 3.63) is 18.3 Å². The van der Waals surface area contributed by atoms with Gasteiger partial charge in [0.15, 0.2) is 24.5 Å². The quantitative estimate of drug-likeness (QED) is 0.0271. The van der Waals surface area contributed by atoms with Gasteiger partial charge in [-0.15, -0.1) is 0 Å². The number of imidazole rings is 1. The molecule has 137 heavy (non-hydrogen) atoms. The van der Waals surface area contributed by atoms with Crippen LogP contribution >= 0.6 is 15.4 Å². The predicted octanol–water partition coefficient (Wildman–Crippen LogP) is 5.90. The maximum Gasteiger partial charge on any atom is 0.472 e. The highest BCUT2D eigenvalue weighted by Gasteiger charge is 2.48. The van der Waals surface area contributed by atoms with E-state index in [4.69, 9.17) is 60.9 Å². The molecule has 14 N–H and O–H groups in total. The summed E-state index contributed by atoms with van der Waals surface area (Å²) in [6, 6.07) is -0.787. The van der Waals surface area contributed by atoms with Gasteiger partial charge in [0.25, 0.3) is 0 Å². The van der Waals surface area contributed by atoms with Crippen LogP contribution in [-0.2, 0) is 108 Å². The molecule has 9 unspecified atom stereocenters. The van der Waals surface area contributed by atoms with E-state index >= 15 is 0 Å². The number of amides is 3. The van der Waals surface area contributed by atoms with Gasteiger partial charge in [0, 0.05) is 147 Å². The van der Waals surface area contributed by atoms with Gasteiger partial charge in [0.05, 0.1) is 120 Å². The zero-order chi connectivity index (χ0) is 100. The number of nitrogens with zero attached hydrogens (tertiary/aromatic N) is 5. The summed E-state index contributed by atoms with van der Waals surface area (Å²) in [4.78, 5) is 142. The summed E-state index contributed by atoms with van der Waals surface area (Å²) in [6.45, 7) is 8.10. The summed E-state index contributed by atoms with van der Waals surface area (Å²) in [5.74, 6) is -2.47. The molecule has 0 saturated carbocycles. The normalized spacial score (nSPS) is 27.2. The number of hydrogen-bond donors (Lipinski definition) is 14. The average Bonchev–Trinajstić information content (AvgIpc) is 1.62. The molecule has 7 rings (SSSR count). The Morgan fingerprint density at radius 1 is 0.474 bits per heavy atom. The van der Waals surface area contributed by atoms with Crippen molar-refractivity contribution >= 4 is 73.2 Å². The molecule has 23 atom stereocenters.